The van der Waals surface area contributed by atoms with Crippen LogP contribution in [0.15, 0.2) is 24.3 Å². The first-order valence-electron chi connectivity index (χ1n) is 9.48. The lowest BCUT2D eigenvalue weighted by Crippen LogP contribution is -2.19. The molecule has 0 bridgehead atoms. The van der Waals surface area contributed by atoms with Crippen molar-refractivity contribution in [2.75, 3.05) is 0 Å². The van der Waals surface area contributed by atoms with Gasteiger partial charge in [0.05, 0.1) is 18.3 Å². The van der Waals surface area contributed by atoms with Crippen molar-refractivity contribution < 1.29 is 30.0 Å². The van der Waals surface area contributed by atoms with E-state index >= 15 is 0 Å². The number of rotatable bonds is 12. The van der Waals surface area contributed by atoms with Crippen LogP contribution in [0.4, 0.5) is 0 Å². The lowest BCUT2D eigenvalue weighted by Gasteiger charge is -2.17. The van der Waals surface area contributed by atoms with Crippen molar-refractivity contribution in [1.82, 2.24) is 0 Å². The van der Waals surface area contributed by atoms with E-state index < -0.39 is 30.2 Å². The van der Waals surface area contributed by atoms with E-state index in [9.17, 15) is 24.9 Å². The molecular weight excluding hydrogens is 336 g/mol. The van der Waals surface area contributed by atoms with E-state index in [0.717, 1.165) is 19.3 Å². The number of ketones is 1. The van der Waals surface area contributed by atoms with Crippen LogP contribution >= 0.6 is 0 Å². The Bertz CT molecular complexity index is 499. The number of carboxylic acid groups (broad SMARTS) is 1. The molecule has 6 nitrogen and oxygen atoms in total. The predicted molar refractivity (Wildman–Crippen MR) is 98.5 cm³/mol. The van der Waals surface area contributed by atoms with Crippen molar-refractivity contribution in [3.05, 3.63) is 24.3 Å². The Morgan fingerprint density at radius 1 is 1.19 bits per heavy atom. The van der Waals surface area contributed by atoms with E-state index in [4.69, 9.17) is 5.11 Å². The van der Waals surface area contributed by atoms with Gasteiger partial charge in [0.1, 0.15) is 5.78 Å². The molecule has 148 valence electrons. The molecule has 0 spiro atoms. The third-order valence-corrected chi connectivity index (χ3v) is 4.80. The monoisotopic (exact) mass is 368 g/mol. The second kappa shape index (κ2) is 12.0. The molecule has 6 heteroatoms. The zero-order chi connectivity index (χ0) is 19.5. The van der Waals surface area contributed by atoms with Gasteiger partial charge in [-0.25, -0.2) is 0 Å². The summed E-state index contributed by atoms with van der Waals surface area (Å²) >= 11 is 0. The molecular formula is C20H32O6. The number of allylic oxidation sites excluding steroid dienone is 2. The van der Waals surface area contributed by atoms with Crippen molar-refractivity contribution >= 4 is 11.8 Å². The second-order valence-electron chi connectivity index (χ2n) is 7.04. The minimum atomic E-state index is -0.961. The van der Waals surface area contributed by atoms with Crippen LogP contribution in [-0.4, -0.2) is 50.5 Å². The number of aliphatic hydroxyl groups is 3. The van der Waals surface area contributed by atoms with Crippen molar-refractivity contribution in [1.29, 1.82) is 0 Å². The lowest BCUT2D eigenvalue weighted by atomic mass is 9.90. The first-order chi connectivity index (χ1) is 12.3. The number of hydrogen-bond donors (Lipinski definition) is 4. The average molecular weight is 368 g/mol. The summed E-state index contributed by atoms with van der Waals surface area (Å²) in [6.45, 7) is 2.09. The largest absolute Gasteiger partial charge is 0.481 e. The third-order valence-electron chi connectivity index (χ3n) is 4.80. The van der Waals surface area contributed by atoms with Gasteiger partial charge in [0.2, 0.25) is 0 Å². The molecule has 5 atom stereocenters. The van der Waals surface area contributed by atoms with E-state index in [-0.39, 0.29) is 31.0 Å². The van der Waals surface area contributed by atoms with Crippen LogP contribution in [0.5, 0.6) is 0 Å². The van der Waals surface area contributed by atoms with Gasteiger partial charge in [-0.15, -0.1) is 0 Å². The van der Waals surface area contributed by atoms with Crippen LogP contribution in [0.1, 0.15) is 58.3 Å². The summed E-state index contributed by atoms with van der Waals surface area (Å²) in [7, 11) is 0. The third kappa shape index (κ3) is 8.25. The molecule has 0 aliphatic heterocycles. The smallest absolute Gasteiger partial charge is 0.303 e. The maximum atomic E-state index is 12.1. The summed E-state index contributed by atoms with van der Waals surface area (Å²) in [6, 6.07) is 0. The highest BCUT2D eigenvalue weighted by molar-refractivity contribution is 5.86. The van der Waals surface area contributed by atoms with E-state index in [1.54, 1.807) is 18.2 Å². The van der Waals surface area contributed by atoms with Gasteiger partial charge >= 0.3 is 5.97 Å². The van der Waals surface area contributed by atoms with E-state index in [1.165, 1.54) is 6.08 Å². The molecule has 0 amide bonds. The SMILES string of the molecule is CCCCCC(O)/C=C/[C@H]1C(=O)C[C@H](O)[C@@H]1C/C=C\C(O)CCC(=O)O. The fraction of sp³-hybridized carbons (Fsp3) is 0.700. The Balaban J connectivity index is 2.55. The fourth-order valence-corrected chi connectivity index (χ4v) is 3.23. The van der Waals surface area contributed by atoms with Gasteiger partial charge in [0, 0.05) is 24.7 Å². The zero-order valence-electron chi connectivity index (χ0n) is 15.5. The Kier molecular flexibility index (Phi) is 10.4. The molecule has 2 unspecified atom stereocenters. The van der Waals surface area contributed by atoms with Gasteiger partial charge in [-0.05, 0) is 19.3 Å². The maximum absolute atomic E-state index is 12.1. The Labute approximate surface area is 155 Å². The molecule has 1 saturated carbocycles. The molecule has 0 aromatic rings. The molecule has 0 radical (unpaired) electrons. The van der Waals surface area contributed by atoms with Crippen molar-refractivity contribution in [3.63, 3.8) is 0 Å². The molecule has 1 fully saturated rings. The van der Waals surface area contributed by atoms with E-state index in [0.29, 0.717) is 12.8 Å². The Morgan fingerprint density at radius 2 is 1.88 bits per heavy atom. The molecule has 4 N–H and O–H groups in total. The Morgan fingerprint density at radius 3 is 2.54 bits per heavy atom. The van der Waals surface area contributed by atoms with Gasteiger partial charge in [0.15, 0.2) is 0 Å². The van der Waals surface area contributed by atoms with Gasteiger partial charge < -0.3 is 20.4 Å². The Hall–Kier alpha value is -1.50. The molecule has 1 aliphatic rings. The van der Waals surface area contributed by atoms with Crippen LogP contribution in [0.2, 0.25) is 0 Å². The van der Waals surface area contributed by atoms with Crippen molar-refractivity contribution in [2.24, 2.45) is 11.8 Å². The summed E-state index contributed by atoms with van der Waals surface area (Å²) < 4.78 is 0. The first kappa shape index (κ1) is 22.5. The minimum absolute atomic E-state index is 0.0423. The summed E-state index contributed by atoms with van der Waals surface area (Å²) in [6.07, 6.45) is 8.64. The number of aliphatic carboxylic acids is 1. The van der Waals surface area contributed by atoms with Gasteiger partial charge in [-0.3, -0.25) is 9.59 Å². The number of carbonyl (C=O) groups excluding carboxylic acids is 1. The first-order valence-corrected chi connectivity index (χ1v) is 9.48. The number of carbonyl (C=O) groups is 2. The highest BCUT2D eigenvalue weighted by Gasteiger charge is 2.39. The highest BCUT2D eigenvalue weighted by atomic mass is 16.4. The number of hydrogen-bond acceptors (Lipinski definition) is 5. The van der Waals surface area contributed by atoms with Crippen LogP contribution in [-0.2, 0) is 9.59 Å². The molecule has 1 rings (SSSR count). The molecule has 26 heavy (non-hydrogen) atoms. The summed E-state index contributed by atoms with van der Waals surface area (Å²) in [5.74, 6) is -1.73. The quantitative estimate of drug-likeness (QED) is 0.310. The number of aliphatic hydroxyl groups excluding tert-OH is 3. The fourth-order valence-electron chi connectivity index (χ4n) is 3.23. The van der Waals surface area contributed by atoms with Crippen LogP contribution in [0.25, 0.3) is 0 Å². The van der Waals surface area contributed by atoms with Crippen molar-refractivity contribution in [2.45, 2.75) is 76.6 Å². The summed E-state index contributed by atoms with van der Waals surface area (Å²) in [5, 5.41) is 38.4. The zero-order valence-corrected chi connectivity index (χ0v) is 15.5. The highest BCUT2D eigenvalue weighted by Crippen LogP contribution is 2.33. The molecule has 0 aromatic carbocycles. The van der Waals surface area contributed by atoms with E-state index in [2.05, 4.69) is 6.92 Å². The number of Topliss-reactive ketones (excluding diaryl/α,β-unsaturated/α-hetero) is 1. The van der Waals surface area contributed by atoms with Gasteiger partial charge in [-0.2, -0.15) is 0 Å². The maximum Gasteiger partial charge on any atom is 0.303 e. The van der Waals surface area contributed by atoms with Crippen LogP contribution in [0, 0.1) is 11.8 Å². The molecule has 0 aromatic heterocycles. The molecule has 1 aliphatic carbocycles. The number of unbranched alkanes of at least 4 members (excludes halogenated alkanes) is 2. The molecule has 0 saturated heterocycles. The lowest BCUT2D eigenvalue weighted by molar-refractivity contribution is -0.137. The summed E-state index contributed by atoms with van der Waals surface area (Å²) in [4.78, 5) is 22.6. The second-order valence-corrected chi connectivity index (χ2v) is 7.04. The standard InChI is InChI=1S/C20H32O6/c1-2-3-4-6-14(21)9-11-17-16(18(23)13-19(17)24)8-5-7-15(22)10-12-20(25)26/h5,7,9,11,14-18,21-23H,2-4,6,8,10,12-13H2,1H3,(H,25,26)/b7-5-,11-9+/t14?,15?,16-,17-,18+/m1/s1. The van der Waals surface area contributed by atoms with Crippen LogP contribution in [0.3, 0.4) is 0 Å². The summed E-state index contributed by atoms with van der Waals surface area (Å²) in [5.41, 5.74) is 0. The predicted octanol–water partition coefficient (Wildman–Crippen LogP) is 2.22. The number of carboxylic acids is 1. The van der Waals surface area contributed by atoms with Gasteiger partial charge in [0.25, 0.3) is 0 Å². The van der Waals surface area contributed by atoms with E-state index in [1.807, 2.05) is 0 Å². The van der Waals surface area contributed by atoms with Gasteiger partial charge in [-0.1, -0.05) is 50.5 Å². The molecule has 0 heterocycles. The topological polar surface area (TPSA) is 115 Å². The minimum Gasteiger partial charge on any atom is -0.481 e. The average Bonchev–Trinajstić information content (AvgIpc) is 2.84. The normalized spacial score (nSPS) is 26.0. The van der Waals surface area contributed by atoms with Crippen LogP contribution < -0.4 is 0 Å². The van der Waals surface area contributed by atoms with Crippen molar-refractivity contribution in [3.8, 4) is 0 Å².